The third-order valence-corrected chi connectivity index (χ3v) is 6.44. The average molecular weight is 219 g/mol. The normalized spacial score (nSPS) is 19.3. The average Bonchev–Trinajstić information content (AvgIpc) is 2.70. The van der Waals surface area contributed by atoms with Crippen LogP contribution in [0.1, 0.15) is 26.3 Å². The number of rotatable bonds is 1. The SMILES string of the molecule is CC(C)(C)C1=C(c2ccccc2)[P+]1(C)C. The highest BCUT2D eigenvalue weighted by molar-refractivity contribution is 7.96. The van der Waals surface area contributed by atoms with Crippen LogP contribution in [0, 0.1) is 5.41 Å². The lowest BCUT2D eigenvalue weighted by Gasteiger charge is -2.12. The molecule has 0 nitrogen and oxygen atoms in total. The van der Waals surface area contributed by atoms with Crippen LogP contribution in [0.4, 0.5) is 0 Å². The van der Waals surface area contributed by atoms with Crippen molar-refractivity contribution >= 4 is 12.6 Å². The molecule has 0 N–H and O–H groups in total. The zero-order valence-electron chi connectivity index (χ0n) is 10.3. The van der Waals surface area contributed by atoms with Gasteiger partial charge in [0.15, 0.2) is 0 Å². The van der Waals surface area contributed by atoms with Gasteiger partial charge in [-0.1, -0.05) is 51.1 Å². The van der Waals surface area contributed by atoms with Gasteiger partial charge in [0.1, 0.15) is 10.6 Å². The summed E-state index contributed by atoms with van der Waals surface area (Å²) < 4.78 is 0. The van der Waals surface area contributed by atoms with Crippen molar-refractivity contribution in [1.82, 2.24) is 0 Å². The highest BCUT2D eigenvalue weighted by atomic mass is 31.2. The number of hydrogen-bond donors (Lipinski definition) is 0. The van der Waals surface area contributed by atoms with E-state index >= 15 is 0 Å². The van der Waals surface area contributed by atoms with Gasteiger partial charge in [-0.15, -0.1) is 0 Å². The predicted octanol–water partition coefficient (Wildman–Crippen LogP) is 4.69. The molecule has 0 unspecified atom stereocenters. The van der Waals surface area contributed by atoms with Crippen LogP contribution in [0.25, 0.3) is 5.31 Å². The maximum Gasteiger partial charge on any atom is 0.144 e. The third-order valence-electron chi connectivity index (χ3n) is 3.05. The van der Waals surface area contributed by atoms with E-state index in [1.165, 1.54) is 5.56 Å². The van der Waals surface area contributed by atoms with E-state index in [0.717, 1.165) is 0 Å². The fourth-order valence-electron chi connectivity index (χ4n) is 2.66. The lowest BCUT2D eigenvalue weighted by Crippen LogP contribution is -2.02. The molecule has 0 saturated heterocycles. The molecule has 1 aromatic rings. The van der Waals surface area contributed by atoms with Gasteiger partial charge in [-0.2, -0.15) is 0 Å². The summed E-state index contributed by atoms with van der Waals surface area (Å²) in [6.07, 6.45) is 0. The second kappa shape index (κ2) is 3.19. The molecule has 1 aliphatic heterocycles. The molecular formula is C14H20P+. The first-order chi connectivity index (χ1) is 6.85. The molecule has 0 aromatic heterocycles. The van der Waals surface area contributed by atoms with E-state index in [1.54, 1.807) is 10.6 Å². The largest absolute Gasteiger partial charge is 0.144 e. The van der Waals surface area contributed by atoms with Crippen molar-refractivity contribution in [3.63, 3.8) is 0 Å². The van der Waals surface area contributed by atoms with E-state index in [4.69, 9.17) is 0 Å². The van der Waals surface area contributed by atoms with Gasteiger partial charge < -0.3 is 0 Å². The van der Waals surface area contributed by atoms with E-state index in [-0.39, 0.29) is 0 Å². The zero-order valence-corrected chi connectivity index (χ0v) is 11.2. The van der Waals surface area contributed by atoms with Gasteiger partial charge in [0, 0.05) is 11.0 Å². The number of hydrogen-bond acceptors (Lipinski definition) is 0. The summed E-state index contributed by atoms with van der Waals surface area (Å²) >= 11 is 0. The van der Waals surface area contributed by atoms with E-state index in [9.17, 15) is 0 Å². The highest BCUT2D eigenvalue weighted by Gasteiger charge is 2.60. The second-order valence-electron chi connectivity index (χ2n) is 5.77. The molecular weight excluding hydrogens is 199 g/mol. The summed E-state index contributed by atoms with van der Waals surface area (Å²) in [5, 5.41) is 3.39. The van der Waals surface area contributed by atoms with Crippen molar-refractivity contribution in [1.29, 1.82) is 0 Å². The molecule has 0 amide bonds. The Hall–Kier alpha value is -0.610. The summed E-state index contributed by atoms with van der Waals surface area (Å²) in [6, 6.07) is 10.9. The summed E-state index contributed by atoms with van der Waals surface area (Å²) in [7, 11) is -0.869. The summed E-state index contributed by atoms with van der Waals surface area (Å²) in [6.45, 7) is 11.9. The van der Waals surface area contributed by atoms with E-state index < -0.39 is 7.26 Å². The lowest BCUT2D eigenvalue weighted by molar-refractivity contribution is 0.539. The van der Waals surface area contributed by atoms with Crippen LogP contribution < -0.4 is 0 Å². The van der Waals surface area contributed by atoms with Gasteiger partial charge in [0.25, 0.3) is 0 Å². The molecule has 1 heterocycles. The van der Waals surface area contributed by atoms with Gasteiger partial charge in [0.2, 0.25) is 0 Å². The van der Waals surface area contributed by atoms with Crippen molar-refractivity contribution in [3.8, 4) is 0 Å². The standard InChI is InChI=1S/C14H20P/c1-14(2,3)13-12(15(13,4)5)11-9-7-6-8-10-11/h6-10H,1-5H3/q+1. The van der Waals surface area contributed by atoms with E-state index in [1.807, 2.05) is 0 Å². The van der Waals surface area contributed by atoms with Crippen LogP contribution in [0.3, 0.4) is 0 Å². The highest BCUT2D eigenvalue weighted by Crippen LogP contribution is 2.89. The molecule has 1 heteroatoms. The van der Waals surface area contributed by atoms with E-state index in [0.29, 0.717) is 5.41 Å². The Morgan fingerprint density at radius 3 is 1.87 bits per heavy atom. The minimum absolute atomic E-state index is 0.350. The van der Waals surface area contributed by atoms with Crippen molar-refractivity contribution in [2.75, 3.05) is 13.3 Å². The molecule has 1 aliphatic rings. The molecule has 15 heavy (non-hydrogen) atoms. The Labute approximate surface area is 93.7 Å². The fourth-order valence-corrected chi connectivity index (χ4v) is 7.01. The quantitative estimate of drug-likeness (QED) is 0.601. The molecule has 1 aromatic carbocycles. The van der Waals surface area contributed by atoms with Gasteiger partial charge in [-0.05, 0) is 0 Å². The Bertz CT molecular complexity index is 405. The van der Waals surface area contributed by atoms with Crippen molar-refractivity contribution in [2.45, 2.75) is 20.8 Å². The Morgan fingerprint density at radius 1 is 0.933 bits per heavy atom. The monoisotopic (exact) mass is 219 g/mol. The maximum absolute atomic E-state index is 2.44. The maximum atomic E-state index is 2.44. The molecule has 80 valence electrons. The summed E-state index contributed by atoms with van der Waals surface area (Å²) in [5.41, 5.74) is 1.79. The topological polar surface area (TPSA) is 0 Å². The van der Waals surface area contributed by atoms with Crippen LogP contribution in [-0.4, -0.2) is 13.3 Å². The molecule has 0 atom stereocenters. The van der Waals surface area contributed by atoms with Gasteiger partial charge in [-0.25, -0.2) is 0 Å². The molecule has 0 aliphatic carbocycles. The predicted molar refractivity (Wildman–Crippen MR) is 71.6 cm³/mol. The van der Waals surface area contributed by atoms with Crippen molar-refractivity contribution in [2.24, 2.45) is 5.41 Å². The Kier molecular flexibility index (Phi) is 2.32. The smallest absolute Gasteiger partial charge is 0.0622 e. The minimum Gasteiger partial charge on any atom is -0.0622 e. The molecule has 0 radical (unpaired) electrons. The first-order valence-electron chi connectivity index (χ1n) is 5.50. The molecule has 0 bridgehead atoms. The molecule has 2 rings (SSSR count). The summed E-state index contributed by atoms with van der Waals surface area (Å²) in [4.78, 5) is 0. The van der Waals surface area contributed by atoms with Gasteiger partial charge >= 0.3 is 0 Å². The van der Waals surface area contributed by atoms with Crippen LogP contribution in [-0.2, 0) is 0 Å². The van der Waals surface area contributed by atoms with Gasteiger partial charge in [-0.3, -0.25) is 0 Å². The van der Waals surface area contributed by atoms with Crippen LogP contribution in [0.5, 0.6) is 0 Å². The first-order valence-corrected chi connectivity index (χ1v) is 8.19. The number of benzene rings is 1. The zero-order chi connectivity index (χ0) is 11.3. The molecule has 0 saturated carbocycles. The van der Waals surface area contributed by atoms with Gasteiger partial charge in [0.05, 0.1) is 20.6 Å². The Balaban J connectivity index is 2.44. The third kappa shape index (κ3) is 1.76. The molecule has 0 spiro atoms. The van der Waals surface area contributed by atoms with Crippen molar-refractivity contribution < 1.29 is 0 Å². The Morgan fingerprint density at radius 2 is 1.47 bits per heavy atom. The van der Waals surface area contributed by atoms with Crippen LogP contribution in [0.15, 0.2) is 35.6 Å². The van der Waals surface area contributed by atoms with E-state index in [2.05, 4.69) is 64.4 Å². The lowest BCUT2D eigenvalue weighted by atomic mass is 9.95. The minimum atomic E-state index is -0.869. The fraction of sp³-hybridized carbons (Fsp3) is 0.429. The van der Waals surface area contributed by atoms with Crippen molar-refractivity contribution in [3.05, 3.63) is 41.2 Å². The number of allylic oxidation sites excluding steroid dienone is 1. The second-order valence-corrected chi connectivity index (χ2v) is 9.57. The summed E-state index contributed by atoms with van der Waals surface area (Å²) in [5.74, 6) is 0. The molecule has 0 fully saturated rings. The first kappa shape index (κ1) is 10.9. The van der Waals surface area contributed by atoms with Crippen LogP contribution >= 0.6 is 7.26 Å². The van der Waals surface area contributed by atoms with Crippen LogP contribution in [0.2, 0.25) is 0 Å².